The number of methoxy groups -OCH3 is 1. The van der Waals surface area contributed by atoms with Crippen molar-refractivity contribution in [3.63, 3.8) is 0 Å². The molecule has 2 rings (SSSR count). The molecule has 5 heteroatoms. The highest BCUT2D eigenvalue weighted by Crippen LogP contribution is 2.26. The summed E-state index contributed by atoms with van der Waals surface area (Å²) in [6.07, 6.45) is 0. The van der Waals surface area contributed by atoms with Gasteiger partial charge in [-0.3, -0.25) is 0 Å². The lowest BCUT2D eigenvalue weighted by Crippen LogP contribution is -1.99. The third-order valence-corrected chi connectivity index (χ3v) is 3.17. The Morgan fingerprint density at radius 2 is 1.68 bits per heavy atom. The third-order valence-electron chi connectivity index (χ3n) is 2.55. The van der Waals surface area contributed by atoms with E-state index in [2.05, 4.69) is 15.9 Å². The Labute approximate surface area is 118 Å². The summed E-state index contributed by atoms with van der Waals surface area (Å²) in [5, 5.41) is 0. The van der Waals surface area contributed by atoms with Gasteiger partial charge in [-0.1, -0.05) is 12.1 Å². The van der Waals surface area contributed by atoms with Crippen molar-refractivity contribution in [3.05, 3.63) is 58.1 Å². The van der Waals surface area contributed by atoms with Crippen LogP contribution in [0.3, 0.4) is 0 Å². The van der Waals surface area contributed by atoms with Crippen LogP contribution in [-0.2, 0) is 6.61 Å². The second-order valence-corrected chi connectivity index (χ2v) is 4.66. The van der Waals surface area contributed by atoms with E-state index in [-0.39, 0.29) is 16.8 Å². The predicted octanol–water partition coefficient (Wildman–Crippen LogP) is 4.31. The molecular formula is C14H11BrF2O2. The van der Waals surface area contributed by atoms with Gasteiger partial charge in [0, 0.05) is 0 Å². The summed E-state index contributed by atoms with van der Waals surface area (Å²) in [5.74, 6) is -1.34. The van der Waals surface area contributed by atoms with Crippen molar-refractivity contribution in [2.24, 2.45) is 0 Å². The van der Waals surface area contributed by atoms with Crippen molar-refractivity contribution in [2.45, 2.75) is 6.61 Å². The molecule has 0 N–H and O–H groups in total. The summed E-state index contributed by atoms with van der Waals surface area (Å²) < 4.78 is 37.2. The monoisotopic (exact) mass is 328 g/mol. The molecule has 0 unspecified atom stereocenters. The van der Waals surface area contributed by atoms with Gasteiger partial charge in [0.05, 0.1) is 11.6 Å². The molecule has 0 radical (unpaired) electrons. The van der Waals surface area contributed by atoms with Gasteiger partial charge in [0.1, 0.15) is 12.4 Å². The van der Waals surface area contributed by atoms with Crippen LogP contribution in [-0.4, -0.2) is 7.11 Å². The van der Waals surface area contributed by atoms with E-state index in [1.54, 1.807) is 31.4 Å². The van der Waals surface area contributed by atoms with E-state index < -0.39 is 11.6 Å². The molecule has 0 aliphatic rings. The molecule has 0 atom stereocenters. The molecular weight excluding hydrogens is 318 g/mol. The lowest BCUT2D eigenvalue weighted by atomic mass is 10.2. The minimum Gasteiger partial charge on any atom is -0.497 e. The molecule has 2 aromatic rings. The Bertz CT molecular complexity index is 570. The Morgan fingerprint density at radius 3 is 2.32 bits per heavy atom. The molecule has 2 nitrogen and oxygen atoms in total. The van der Waals surface area contributed by atoms with Crippen molar-refractivity contribution in [1.29, 1.82) is 0 Å². The maximum atomic E-state index is 13.5. The summed E-state index contributed by atoms with van der Waals surface area (Å²) in [4.78, 5) is 0. The molecule has 0 saturated heterocycles. The zero-order chi connectivity index (χ0) is 13.8. The first-order valence-electron chi connectivity index (χ1n) is 5.51. The molecule has 0 saturated carbocycles. The Kier molecular flexibility index (Phi) is 4.37. The van der Waals surface area contributed by atoms with Gasteiger partial charge in [0.2, 0.25) is 5.82 Å². The fraction of sp³-hybridized carbons (Fsp3) is 0.143. The molecule has 19 heavy (non-hydrogen) atoms. The van der Waals surface area contributed by atoms with Gasteiger partial charge >= 0.3 is 0 Å². The van der Waals surface area contributed by atoms with Gasteiger partial charge in [0.25, 0.3) is 0 Å². The van der Waals surface area contributed by atoms with Crippen LogP contribution >= 0.6 is 15.9 Å². The maximum absolute atomic E-state index is 13.5. The summed E-state index contributed by atoms with van der Waals surface area (Å²) in [6.45, 7) is 0.155. The molecule has 0 heterocycles. The average molecular weight is 329 g/mol. The van der Waals surface area contributed by atoms with Crippen LogP contribution in [0.1, 0.15) is 5.56 Å². The van der Waals surface area contributed by atoms with Gasteiger partial charge in [-0.2, -0.15) is 4.39 Å². The van der Waals surface area contributed by atoms with E-state index in [1.807, 2.05) is 0 Å². The standard InChI is InChI=1S/C14H11BrF2O2/c1-18-10-4-2-9(3-5-10)8-19-12-7-6-11(15)13(16)14(12)17/h2-7H,8H2,1H3. The smallest absolute Gasteiger partial charge is 0.201 e. The summed E-state index contributed by atoms with van der Waals surface area (Å²) in [5.41, 5.74) is 0.837. The topological polar surface area (TPSA) is 18.5 Å². The van der Waals surface area contributed by atoms with Gasteiger partial charge in [-0.25, -0.2) is 4.39 Å². The average Bonchev–Trinajstić information content (AvgIpc) is 2.45. The summed E-state index contributed by atoms with van der Waals surface area (Å²) >= 11 is 2.91. The van der Waals surface area contributed by atoms with Gasteiger partial charge in [0.15, 0.2) is 11.6 Å². The van der Waals surface area contributed by atoms with Crippen LogP contribution in [0.2, 0.25) is 0 Å². The van der Waals surface area contributed by atoms with Crippen LogP contribution in [0.4, 0.5) is 8.78 Å². The molecule has 0 aliphatic carbocycles. The lowest BCUT2D eigenvalue weighted by molar-refractivity contribution is 0.284. The van der Waals surface area contributed by atoms with Crippen molar-refractivity contribution in [1.82, 2.24) is 0 Å². The van der Waals surface area contributed by atoms with Crippen LogP contribution < -0.4 is 9.47 Å². The number of hydrogen-bond donors (Lipinski definition) is 0. The SMILES string of the molecule is COc1ccc(COc2ccc(Br)c(F)c2F)cc1. The minimum atomic E-state index is -0.997. The van der Waals surface area contributed by atoms with E-state index in [1.165, 1.54) is 12.1 Å². The zero-order valence-electron chi connectivity index (χ0n) is 10.1. The first-order chi connectivity index (χ1) is 9.11. The Hall–Kier alpha value is -1.62. The van der Waals surface area contributed by atoms with Crippen molar-refractivity contribution in [3.8, 4) is 11.5 Å². The largest absolute Gasteiger partial charge is 0.497 e. The normalized spacial score (nSPS) is 10.3. The second kappa shape index (κ2) is 6.02. The number of benzene rings is 2. The molecule has 0 amide bonds. The third kappa shape index (κ3) is 3.23. The van der Waals surface area contributed by atoms with Crippen LogP contribution in [0.5, 0.6) is 11.5 Å². The number of halogens is 3. The van der Waals surface area contributed by atoms with Gasteiger partial charge in [-0.15, -0.1) is 0 Å². The highest BCUT2D eigenvalue weighted by Gasteiger charge is 2.12. The van der Waals surface area contributed by atoms with E-state index >= 15 is 0 Å². The molecule has 0 fully saturated rings. The zero-order valence-corrected chi connectivity index (χ0v) is 11.7. The fourth-order valence-corrected chi connectivity index (χ4v) is 1.81. The predicted molar refractivity (Wildman–Crippen MR) is 71.4 cm³/mol. The van der Waals surface area contributed by atoms with Crippen molar-refractivity contribution >= 4 is 15.9 Å². The van der Waals surface area contributed by atoms with E-state index in [9.17, 15) is 8.78 Å². The van der Waals surface area contributed by atoms with E-state index in [0.29, 0.717) is 0 Å². The molecule has 0 bridgehead atoms. The molecule has 2 aromatic carbocycles. The van der Waals surface area contributed by atoms with E-state index in [0.717, 1.165) is 11.3 Å². The minimum absolute atomic E-state index is 0.0711. The fourth-order valence-electron chi connectivity index (χ4n) is 1.50. The number of rotatable bonds is 4. The van der Waals surface area contributed by atoms with Gasteiger partial charge in [-0.05, 0) is 45.8 Å². The highest BCUT2D eigenvalue weighted by atomic mass is 79.9. The van der Waals surface area contributed by atoms with E-state index in [4.69, 9.17) is 9.47 Å². The van der Waals surface area contributed by atoms with Crippen LogP contribution in [0, 0.1) is 11.6 Å². The van der Waals surface area contributed by atoms with Crippen LogP contribution in [0.25, 0.3) is 0 Å². The van der Waals surface area contributed by atoms with Crippen molar-refractivity contribution in [2.75, 3.05) is 7.11 Å². The quantitative estimate of drug-likeness (QED) is 0.778. The second-order valence-electron chi connectivity index (χ2n) is 3.81. The Morgan fingerprint density at radius 1 is 1.00 bits per heavy atom. The van der Waals surface area contributed by atoms with Crippen molar-refractivity contribution < 1.29 is 18.3 Å². The Balaban J connectivity index is 2.08. The number of ether oxygens (including phenoxy) is 2. The molecule has 0 aromatic heterocycles. The first kappa shape index (κ1) is 13.8. The summed E-state index contributed by atoms with van der Waals surface area (Å²) in [6, 6.07) is 9.93. The van der Waals surface area contributed by atoms with Crippen LogP contribution in [0.15, 0.2) is 40.9 Å². The first-order valence-corrected chi connectivity index (χ1v) is 6.30. The molecule has 100 valence electrons. The molecule has 0 aliphatic heterocycles. The van der Waals surface area contributed by atoms with Gasteiger partial charge < -0.3 is 9.47 Å². The summed E-state index contributed by atoms with van der Waals surface area (Å²) in [7, 11) is 1.57. The maximum Gasteiger partial charge on any atom is 0.201 e. The number of hydrogen-bond acceptors (Lipinski definition) is 2. The lowest BCUT2D eigenvalue weighted by Gasteiger charge is -2.09. The highest BCUT2D eigenvalue weighted by molar-refractivity contribution is 9.10. The molecule has 0 spiro atoms.